The fourth-order valence-electron chi connectivity index (χ4n) is 1.35. The second-order valence-corrected chi connectivity index (χ2v) is 5.45. The fourth-order valence-corrected chi connectivity index (χ4v) is 2.74. The van der Waals surface area contributed by atoms with Crippen LogP contribution in [0.4, 0.5) is 8.78 Å². The van der Waals surface area contributed by atoms with Crippen LogP contribution in [0.1, 0.15) is 15.2 Å². The van der Waals surface area contributed by atoms with Gasteiger partial charge in [-0.05, 0) is 40.2 Å². The van der Waals surface area contributed by atoms with Crippen molar-refractivity contribution in [2.75, 3.05) is 0 Å². The fraction of sp³-hybridized carbons (Fsp3) is 0.0833. The van der Waals surface area contributed by atoms with Gasteiger partial charge in [-0.25, -0.2) is 8.78 Å². The van der Waals surface area contributed by atoms with Crippen LogP contribution in [0.25, 0.3) is 0 Å². The number of hydrogen-bond acceptors (Lipinski definition) is 2. The maximum Gasteiger partial charge on any atom is 0.251 e. The Morgan fingerprint density at radius 2 is 2.06 bits per heavy atom. The molecule has 0 fully saturated rings. The maximum absolute atomic E-state index is 12.9. The molecule has 1 N–H and O–H groups in total. The van der Waals surface area contributed by atoms with Crippen molar-refractivity contribution in [2.45, 2.75) is 6.54 Å². The largest absolute Gasteiger partial charge is 0.347 e. The summed E-state index contributed by atoms with van der Waals surface area (Å²) in [5, 5.41) is 4.54. The van der Waals surface area contributed by atoms with Crippen LogP contribution in [0.3, 0.4) is 0 Å². The number of carbonyl (C=O) groups is 1. The van der Waals surface area contributed by atoms with E-state index in [0.717, 1.165) is 21.5 Å². The molecule has 2 nitrogen and oxygen atoms in total. The zero-order valence-corrected chi connectivity index (χ0v) is 11.4. The summed E-state index contributed by atoms with van der Waals surface area (Å²) in [6.07, 6.45) is 0. The molecule has 6 heteroatoms. The monoisotopic (exact) mass is 331 g/mol. The third kappa shape index (κ3) is 3.14. The summed E-state index contributed by atoms with van der Waals surface area (Å²) < 4.78 is 26.6. The summed E-state index contributed by atoms with van der Waals surface area (Å²) in [7, 11) is 0. The van der Waals surface area contributed by atoms with Crippen molar-refractivity contribution in [1.82, 2.24) is 5.32 Å². The summed E-state index contributed by atoms with van der Waals surface area (Å²) in [4.78, 5) is 12.7. The van der Waals surface area contributed by atoms with Gasteiger partial charge in [0, 0.05) is 20.3 Å². The number of nitrogens with one attached hydrogen (secondary N) is 1. The summed E-state index contributed by atoms with van der Waals surface area (Å²) in [5.41, 5.74) is 0.101. The highest BCUT2D eigenvalue weighted by molar-refractivity contribution is 9.10. The molecule has 1 aromatic carbocycles. The third-order valence-electron chi connectivity index (χ3n) is 2.23. The van der Waals surface area contributed by atoms with Crippen molar-refractivity contribution < 1.29 is 13.6 Å². The van der Waals surface area contributed by atoms with E-state index in [2.05, 4.69) is 21.2 Å². The minimum Gasteiger partial charge on any atom is -0.347 e. The molecule has 18 heavy (non-hydrogen) atoms. The molecule has 1 amide bonds. The molecule has 0 bridgehead atoms. The molecule has 1 aromatic heterocycles. The number of amides is 1. The first-order chi connectivity index (χ1) is 8.56. The van der Waals surface area contributed by atoms with Crippen molar-refractivity contribution in [3.8, 4) is 0 Å². The summed E-state index contributed by atoms with van der Waals surface area (Å²) in [6.45, 7) is 0.355. The number of rotatable bonds is 3. The van der Waals surface area contributed by atoms with Crippen LogP contribution in [0.15, 0.2) is 34.1 Å². The second-order valence-electron chi connectivity index (χ2n) is 3.54. The topological polar surface area (TPSA) is 29.1 Å². The van der Waals surface area contributed by atoms with Crippen LogP contribution >= 0.6 is 27.3 Å². The average Bonchev–Trinajstić information content (AvgIpc) is 2.75. The number of carbonyl (C=O) groups excluding carboxylic acids is 1. The highest BCUT2D eigenvalue weighted by Gasteiger charge is 2.09. The maximum atomic E-state index is 12.9. The minimum absolute atomic E-state index is 0.101. The quantitative estimate of drug-likeness (QED) is 0.912. The van der Waals surface area contributed by atoms with Crippen LogP contribution < -0.4 is 5.32 Å². The minimum atomic E-state index is -1.03. The van der Waals surface area contributed by atoms with E-state index in [1.54, 1.807) is 0 Å². The molecule has 94 valence electrons. The molecule has 0 aliphatic carbocycles. The highest BCUT2D eigenvalue weighted by atomic mass is 79.9. The molecule has 0 aliphatic rings. The van der Waals surface area contributed by atoms with Gasteiger partial charge in [-0.2, -0.15) is 0 Å². The zero-order valence-electron chi connectivity index (χ0n) is 9.04. The molecule has 0 unspecified atom stereocenters. The van der Waals surface area contributed by atoms with Crippen molar-refractivity contribution in [1.29, 1.82) is 0 Å². The Hall–Kier alpha value is -1.27. The Kier molecular flexibility index (Phi) is 4.08. The van der Waals surface area contributed by atoms with Gasteiger partial charge in [-0.15, -0.1) is 11.3 Å². The summed E-state index contributed by atoms with van der Waals surface area (Å²) in [6, 6.07) is 4.95. The van der Waals surface area contributed by atoms with E-state index in [-0.39, 0.29) is 5.56 Å². The third-order valence-corrected chi connectivity index (χ3v) is 3.92. The zero-order chi connectivity index (χ0) is 13.1. The van der Waals surface area contributed by atoms with Crippen LogP contribution in [-0.2, 0) is 6.54 Å². The highest BCUT2D eigenvalue weighted by Crippen LogP contribution is 2.19. The number of halogens is 3. The molecule has 2 aromatic rings. The molecule has 0 saturated heterocycles. The van der Waals surface area contributed by atoms with Crippen LogP contribution in [0.5, 0.6) is 0 Å². The molecule has 0 atom stereocenters. The molecule has 0 saturated carbocycles. The van der Waals surface area contributed by atoms with Gasteiger partial charge in [0.15, 0.2) is 11.6 Å². The van der Waals surface area contributed by atoms with Gasteiger partial charge in [0.25, 0.3) is 5.91 Å². The molecular weight excluding hydrogens is 324 g/mol. The van der Waals surface area contributed by atoms with E-state index < -0.39 is 17.5 Å². The van der Waals surface area contributed by atoms with Crippen molar-refractivity contribution in [3.63, 3.8) is 0 Å². The van der Waals surface area contributed by atoms with E-state index in [1.165, 1.54) is 17.4 Å². The van der Waals surface area contributed by atoms with Gasteiger partial charge in [0.1, 0.15) is 0 Å². The molecule has 1 heterocycles. The number of hydrogen-bond donors (Lipinski definition) is 1. The Labute approximate surface area is 115 Å². The lowest BCUT2D eigenvalue weighted by Crippen LogP contribution is -2.22. The lowest BCUT2D eigenvalue weighted by molar-refractivity contribution is 0.0950. The SMILES string of the molecule is O=C(NCc1cc(Br)cs1)c1ccc(F)c(F)c1. The molecule has 0 aliphatic heterocycles. The Balaban J connectivity index is 2.01. The number of benzene rings is 1. The lowest BCUT2D eigenvalue weighted by Gasteiger charge is -2.04. The first-order valence-corrected chi connectivity index (χ1v) is 6.69. The average molecular weight is 332 g/mol. The number of thiophene rings is 1. The lowest BCUT2D eigenvalue weighted by atomic mass is 10.2. The van der Waals surface area contributed by atoms with Crippen LogP contribution in [0, 0.1) is 11.6 Å². The van der Waals surface area contributed by atoms with E-state index in [1.807, 2.05) is 11.4 Å². The van der Waals surface area contributed by atoms with Gasteiger partial charge in [-0.3, -0.25) is 4.79 Å². The Bertz CT molecular complexity index is 585. The first-order valence-electron chi connectivity index (χ1n) is 5.02. The molecule has 2 rings (SSSR count). The van der Waals surface area contributed by atoms with E-state index in [9.17, 15) is 13.6 Å². The van der Waals surface area contributed by atoms with Gasteiger partial charge in [-0.1, -0.05) is 0 Å². The van der Waals surface area contributed by atoms with E-state index in [0.29, 0.717) is 6.54 Å². The Morgan fingerprint density at radius 1 is 1.28 bits per heavy atom. The summed E-state index contributed by atoms with van der Waals surface area (Å²) in [5.74, 6) is -2.42. The van der Waals surface area contributed by atoms with Crippen LogP contribution in [0.2, 0.25) is 0 Å². The molecule has 0 spiro atoms. The predicted octanol–water partition coefficient (Wildman–Crippen LogP) is 3.72. The predicted molar refractivity (Wildman–Crippen MR) is 69.5 cm³/mol. The van der Waals surface area contributed by atoms with Crippen molar-refractivity contribution in [2.24, 2.45) is 0 Å². The molecular formula is C12H8BrF2NOS. The van der Waals surface area contributed by atoms with Gasteiger partial charge in [0.2, 0.25) is 0 Å². The van der Waals surface area contributed by atoms with E-state index in [4.69, 9.17) is 0 Å². The molecule has 0 radical (unpaired) electrons. The Morgan fingerprint density at radius 3 is 2.67 bits per heavy atom. The van der Waals surface area contributed by atoms with Crippen molar-refractivity contribution >= 4 is 33.2 Å². The second kappa shape index (κ2) is 5.58. The summed E-state index contributed by atoms with van der Waals surface area (Å²) >= 11 is 4.80. The first kappa shape index (κ1) is 13.2. The normalized spacial score (nSPS) is 10.4. The van der Waals surface area contributed by atoms with Gasteiger partial charge >= 0.3 is 0 Å². The van der Waals surface area contributed by atoms with Crippen LogP contribution in [-0.4, -0.2) is 5.91 Å². The van der Waals surface area contributed by atoms with Crippen molar-refractivity contribution in [3.05, 3.63) is 56.2 Å². The van der Waals surface area contributed by atoms with Gasteiger partial charge in [0.05, 0.1) is 6.54 Å². The smallest absolute Gasteiger partial charge is 0.251 e. The van der Waals surface area contributed by atoms with Gasteiger partial charge < -0.3 is 5.32 Å². The van der Waals surface area contributed by atoms with E-state index >= 15 is 0 Å². The standard InChI is InChI=1S/C12H8BrF2NOS/c13-8-4-9(18-6-8)5-16-12(17)7-1-2-10(14)11(15)3-7/h1-4,6H,5H2,(H,16,17).